The van der Waals surface area contributed by atoms with E-state index in [4.69, 9.17) is 0 Å². The summed E-state index contributed by atoms with van der Waals surface area (Å²) in [4.78, 5) is 15.2. The fraction of sp³-hybridized carbons (Fsp3) is 0. The molecule has 0 aliphatic rings. The standard InChI is InChI=1S/C13H11N3O3/c17-11-6-2-1-4-9(11)8-15-16-13(19)10-5-3-7-14-12(10)18/h1-8,17H,(H,14,18)(H,16,19)/b15-8+. The van der Waals surface area contributed by atoms with Crippen LogP contribution in [0.5, 0.6) is 11.6 Å². The van der Waals surface area contributed by atoms with E-state index in [0.29, 0.717) is 5.56 Å². The fourth-order valence-corrected chi connectivity index (χ4v) is 1.39. The van der Waals surface area contributed by atoms with Crippen LogP contribution in [0.25, 0.3) is 0 Å². The molecular weight excluding hydrogens is 246 g/mol. The van der Waals surface area contributed by atoms with Crippen LogP contribution in [0.2, 0.25) is 0 Å². The number of hydrogen-bond acceptors (Lipinski definition) is 5. The first-order valence-corrected chi connectivity index (χ1v) is 5.44. The van der Waals surface area contributed by atoms with E-state index in [2.05, 4.69) is 15.5 Å². The number of nitrogens with zero attached hydrogens (tertiary/aromatic N) is 2. The van der Waals surface area contributed by atoms with Crippen molar-refractivity contribution in [3.05, 3.63) is 53.7 Å². The molecule has 0 aliphatic heterocycles. The molecule has 0 saturated heterocycles. The molecule has 1 amide bonds. The number of rotatable bonds is 3. The number of para-hydroxylation sites is 1. The molecule has 1 aromatic carbocycles. The number of carbonyl (C=O) groups is 1. The average molecular weight is 257 g/mol. The zero-order chi connectivity index (χ0) is 13.7. The molecular formula is C13H11N3O3. The molecule has 0 unspecified atom stereocenters. The van der Waals surface area contributed by atoms with Gasteiger partial charge in [-0.25, -0.2) is 10.4 Å². The molecule has 0 radical (unpaired) electrons. The Morgan fingerprint density at radius 1 is 1.21 bits per heavy atom. The molecule has 96 valence electrons. The van der Waals surface area contributed by atoms with Crippen molar-refractivity contribution in [3.63, 3.8) is 0 Å². The summed E-state index contributed by atoms with van der Waals surface area (Å²) in [5.41, 5.74) is 2.73. The van der Waals surface area contributed by atoms with Crippen molar-refractivity contribution in [3.8, 4) is 11.6 Å². The van der Waals surface area contributed by atoms with Crippen molar-refractivity contribution in [2.24, 2.45) is 5.10 Å². The third-order valence-electron chi connectivity index (χ3n) is 2.34. The van der Waals surface area contributed by atoms with E-state index in [1.807, 2.05) is 0 Å². The Morgan fingerprint density at radius 3 is 2.74 bits per heavy atom. The SMILES string of the molecule is O=C(N/N=C/c1ccccc1O)c1cccnc1O. The summed E-state index contributed by atoms with van der Waals surface area (Å²) in [7, 11) is 0. The molecule has 2 aromatic rings. The van der Waals surface area contributed by atoms with Gasteiger partial charge in [0.05, 0.1) is 6.21 Å². The van der Waals surface area contributed by atoms with E-state index in [1.54, 1.807) is 18.2 Å². The van der Waals surface area contributed by atoms with E-state index < -0.39 is 5.91 Å². The maximum atomic E-state index is 11.7. The van der Waals surface area contributed by atoms with Crippen LogP contribution in [0.1, 0.15) is 15.9 Å². The molecule has 0 atom stereocenters. The van der Waals surface area contributed by atoms with Gasteiger partial charge in [-0.1, -0.05) is 12.1 Å². The summed E-state index contributed by atoms with van der Waals surface area (Å²) in [6.07, 6.45) is 2.68. The lowest BCUT2D eigenvalue weighted by Crippen LogP contribution is -2.17. The number of hydrogen-bond donors (Lipinski definition) is 3. The van der Waals surface area contributed by atoms with Gasteiger partial charge in [0.25, 0.3) is 5.91 Å². The second-order valence-corrected chi connectivity index (χ2v) is 3.63. The summed E-state index contributed by atoms with van der Waals surface area (Å²) < 4.78 is 0. The normalized spacial score (nSPS) is 10.5. The van der Waals surface area contributed by atoms with Crippen LogP contribution in [0.4, 0.5) is 0 Å². The maximum absolute atomic E-state index is 11.7. The third-order valence-corrected chi connectivity index (χ3v) is 2.34. The van der Waals surface area contributed by atoms with E-state index in [9.17, 15) is 15.0 Å². The van der Waals surface area contributed by atoms with E-state index >= 15 is 0 Å². The molecule has 19 heavy (non-hydrogen) atoms. The molecule has 2 rings (SSSR count). The lowest BCUT2D eigenvalue weighted by atomic mass is 10.2. The number of phenolic OH excluding ortho intramolecular Hbond substituents is 1. The highest BCUT2D eigenvalue weighted by atomic mass is 16.3. The summed E-state index contributed by atoms with van der Waals surface area (Å²) in [6.45, 7) is 0. The summed E-state index contributed by atoms with van der Waals surface area (Å²) >= 11 is 0. The van der Waals surface area contributed by atoms with Gasteiger partial charge in [-0.15, -0.1) is 0 Å². The lowest BCUT2D eigenvalue weighted by molar-refractivity contribution is 0.0951. The Bertz CT molecular complexity index is 626. The van der Waals surface area contributed by atoms with Gasteiger partial charge in [0, 0.05) is 11.8 Å². The van der Waals surface area contributed by atoms with Gasteiger partial charge in [0.2, 0.25) is 5.88 Å². The Kier molecular flexibility index (Phi) is 3.72. The van der Waals surface area contributed by atoms with Crippen LogP contribution < -0.4 is 5.43 Å². The Labute approximate surface area is 109 Å². The number of carbonyl (C=O) groups excluding carboxylic acids is 1. The van der Waals surface area contributed by atoms with E-state index in [0.717, 1.165) is 0 Å². The number of benzene rings is 1. The number of pyridine rings is 1. The molecule has 0 spiro atoms. The summed E-state index contributed by atoms with van der Waals surface area (Å²) in [5, 5.41) is 22.6. The highest BCUT2D eigenvalue weighted by Crippen LogP contribution is 2.13. The van der Waals surface area contributed by atoms with Crippen molar-refractivity contribution >= 4 is 12.1 Å². The highest BCUT2D eigenvalue weighted by molar-refractivity contribution is 5.96. The topological polar surface area (TPSA) is 94.8 Å². The molecule has 0 bridgehead atoms. The number of aromatic nitrogens is 1. The smallest absolute Gasteiger partial charge is 0.276 e. The Hall–Kier alpha value is -2.89. The number of aromatic hydroxyl groups is 2. The number of nitrogens with one attached hydrogen (secondary N) is 1. The van der Waals surface area contributed by atoms with Gasteiger partial charge < -0.3 is 10.2 Å². The van der Waals surface area contributed by atoms with Crippen LogP contribution in [0, 0.1) is 0 Å². The quantitative estimate of drug-likeness (QED) is 0.569. The average Bonchev–Trinajstić information content (AvgIpc) is 2.41. The van der Waals surface area contributed by atoms with Crippen molar-refractivity contribution in [2.75, 3.05) is 0 Å². The Morgan fingerprint density at radius 2 is 2.00 bits per heavy atom. The summed E-state index contributed by atoms with van der Waals surface area (Å²) in [6, 6.07) is 9.52. The van der Waals surface area contributed by atoms with Gasteiger partial charge >= 0.3 is 0 Å². The van der Waals surface area contributed by atoms with Crippen LogP contribution >= 0.6 is 0 Å². The largest absolute Gasteiger partial charge is 0.507 e. The van der Waals surface area contributed by atoms with Crippen LogP contribution in [-0.4, -0.2) is 27.3 Å². The molecule has 1 aromatic heterocycles. The molecule has 1 heterocycles. The van der Waals surface area contributed by atoms with Gasteiger partial charge in [-0.2, -0.15) is 5.10 Å². The minimum atomic E-state index is -0.586. The van der Waals surface area contributed by atoms with Gasteiger partial charge in [-0.3, -0.25) is 4.79 Å². The first kappa shape index (κ1) is 12.6. The molecule has 0 fully saturated rings. The minimum absolute atomic E-state index is 0.0249. The molecule has 0 aliphatic carbocycles. The third kappa shape index (κ3) is 3.06. The van der Waals surface area contributed by atoms with Crippen LogP contribution in [-0.2, 0) is 0 Å². The minimum Gasteiger partial charge on any atom is -0.507 e. The predicted octanol–water partition coefficient (Wildman–Crippen LogP) is 1.26. The van der Waals surface area contributed by atoms with Crippen LogP contribution in [0.15, 0.2) is 47.7 Å². The zero-order valence-electron chi connectivity index (χ0n) is 9.82. The molecule has 3 N–H and O–H groups in total. The molecule has 6 nitrogen and oxygen atoms in total. The second-order valence-electron chi connectivity index (χ2n) is 3.63. The van der Waals surface area contributed by atoms with Crippen LogP contribution in [0.3, 0.4) is 0 Å². The zero-order valence-corrected chi connectivity index (χ0v) is 9.82. The van der Waals surface area contributed by atoms with Crippen molar-refractivity contribution in [1.29, 1.82) is 0 Å². The van der Waals surface area contributed by atoms with Gasteiger partial charge in [0.1, 0.15) is 11.3 Å². The second kappa shape index (κ2) is 5.63. The van der Waals surface area contributed by atoms with Crippen molar-refractivity contribution in [1.82, 2.24) is 10.4 Å². The monoisotopic (exact) mass is 257 g/mol. The van der Waals surface area contributed by atoms with E-state index in [-0.39, 0.29) is 17.2 Å². The maximum Gasteiger partial charge on any atom is 0.276 e. The fourth-order valence-electron chi connectivity index (χ4n) is 1.39. The van der Waals surface area contributed by atoms with Gasteiger partial charge in [0.15, 0.2) is 0 Å². The van der Waals surface area contributed by atoms with E-state index in [1.165, 1.54) is 30.6 Å². The Balaban J connectivity index is 2.06. The predicted molar refractivity (Wildman–Crippen MR) is 69.1 cm³/mol. The van der Waals surface area contributed by atoms with Crippen molar-refractivity contribution < 1.29 is 15.0 Å². The highest BCUT2D eigenvalue weighted by Gasteiger charge is 2.09. The first-order valence-electron chi connectivity index (χ1n) is 5.44. The van der Waals surface area contributed by atoms with Crippen molar-refractivity contribution in [2.45, 2.75) is 0 Å². The van der Waals surface area contributed by atoms with Gasteiger partial charge in [-0.05, 0) is 24.3 Å². The first-order chi connectivity index (χ1) is 9.18. The molecule has 6 heteroatoms. The summed E-state index contributed by atoms with van der Waals surface area (Å²) in [5.74, 6) is -0.889. The number of amides is 1. The number of hydrazone groups is 1. The molecule has 0 saturated carbocycles. The lowest BCUT2D eigenvalue weighted by Gasteiger charge is -2.01. The number of phenols is 1.